The molecule has 2 N–H and O–H groups in total. The molecule has 0 atom stereocenters. The number of carbonyl (C=O) groups excluding carboxylic acids is 1. The van der Waals surface area contributed by atoms with E-state index < -0.39 is 0 Å². The van der Waals surface area contributed by atoms with E-state index in [0.29, 0.717) is 5.69 Å². The van der Waals surface area contributed by atoms with Gasteiger partial charge in [0, 0.05) is 43.1 Å². The molecule has 4 aromatic rings. The van der Waals surface area contributed by atoms with E-state index in [1.807, 2.05) is 42.1 Å². The lowest BCUT2D eigenvalue weighted by molar-refractivity contribution is 0.0909. The zero-order chi connectivity index (χ0) is 27.5. The van der Waals surface area contributed by atoms with Gasteiger partial charge in [0.25, 0.3) is 5.91 Å². The molecule has 2 fully saturated rings. The van der Waals surface area contributed by atoms with Crippen molar-refractivity contribution in [2.24, 2.45) is 7.05 Å². The van der Waals surface area contributed by atoms with Gasteiger partial charge >= 0.3 is 0 Å². The fourth-order valence-electron chi connectivity index (χ4n) is 6.04. The molecule has 1 amide bonds. The maximum absolute atomic E-state index is 13.2. The molecule has 2 saturated heterocycles. The average molecular weight is 541 g/mol. The summed E-state index contributed by atoms with van der Waals surface area (Å²) in [7, 11) is 4.06. The number of hydrogen-bond acceptors (Lipinski definition) is 7. The first-order chi connectivity index (χ1) is 19.5. The lowest BCUT2D eigenvalue weighted by atomic mass is 10.1. The number of rotatable bonds is 8. The molecule has 2 aliphatic heterocycles. The number of hydrogen-bond donors (Lipinski definition) is 2. The summed E-state index contributed by atoms with van der Waals surface area (Å²) in [6.45, 7) is 6.49. The molecule has 6 rings (SSSR count). The monoisotopic (exact) mass is 540 g/mol. The second-order valence-electron chi connectivity index (χ2n) is 11.4. The van der Waals surface area contributed by atoms with E-state index in [-0.39, 0.29) is 11.9 Å². The summed E-state index contributed by atoms with van der Waals surface area (Å²) in [5.41, 5.74) is 5.86. The molecule has 9 nitrogen and oxygen atoms in total. The average Bonchev–Trinajstić information content (AvgIpc) is 3.32. The van der Waals surface area contributed by atoms with E-state index in [4.69, 9.17) is 9.97 Å². The summed E-state index contributed by atoms with van der Waals surface area (Å²) in [5, 5.41) is 7.89. The van der Waals surface area contributed by atoms with Crippen LogP contribution in [0.15, 0.2) is 42.7 Å². The number of anilines is 1. The van der Waals surface area contributed by atoms with Crippen LogP contribution >= 0.6 is 0 Å². The topological polar surface area (TPSA) is 91.2 Å². The Morgan fingerprint density at radius 3 is 2.58 bits per heavy atom. The van der Waals surface area contributed by atoms with Crippen LogP contribution < -0.4 is 10.6 Å². The smallest absolute Gasteiger partial charge is 0.268 e. The Balaban J connectivity index is 1.21. The van der Waals surface area contributed by atoms with Gasteiger partial charge in [-0.3, -0.25) is 9.78 Å². The van der Waals surface area contributed by atoms with E-state index >= 15 is 0 Å². The first-order valence-corrected chi connectivity index (χ1v) is 14.7. The van der Waals surface area contributed by atoms with Crippen molar-refractivity contribution in [2.45, 2.75) is 44.6 Å². The molecule has 0 saturated carbocycles. The summed E-state index contributed by atoms with van der Waals surface area (Å²) in [4.78, 5) is 32.3. The highest BCUT2D eigenvalue weighted by molar-refractivity contribution is 5.98. The van der Waals surface area contributed by atoms with E-state index in [0.717, 1.165) is 84.5 Å². The molecule has 0 bridgehead atoms. The van der Waals surface area contributed by atoms with Gasteiger partial charge in [0.15, 0.2) is 0 Å². The first-order valence-electron chi connectivity index (χ1n) is 14.7. The Labute approximate surface area is 236 Å². The highest BCUT2D eigenvalue weighted by Gasteiger charge is 2.22. The van der Waals surface area contributed by atoms with Crippen LogP contribution in [0, 0.1) is 0 Å². The van der Waals surface area contributed by atoms with Crippen LogP contribution in [0.2, 0.25) is 0 Å². The van der Waals surface area contributed by atoms with Crippen molar-refractivity contribution in [3.63, 3.8) is 0 Å². The molecule has 0 unspecified atom stereocenters. The lowest BCUT2D eigenvalue weighted by Crippen LogP contribution is -2.43. The number of piperidine rings is 2. The molecule has 210 valence electrons. The minimum absolute atomic E-state index is 0.0380. The number of nitrogens with one attached hydrogen (secondary N) is 2. The standard InChI is InChI=1S/C31H40N8O/c1-37-17-10-22(11-18-37)34-31(40)30-20-28-29(38(30)2)8-7-25(36-28)27-19-26(23-21-32-13-9-24(23)35-27)33-12-6-16-39-14-4-3-5-15-39/h7-9,13,19-22H,3-6,10-12,14-18H2,1-2H3,(H,33,35)(H,34,40). The SMILES string of the molecule is CN1CCC(NC(=O)c2cc3nc(-c4cc(NCCCN5CCCCC5)c5cnccc5n4)ccc3n2C)CC1. The first kappa shape index (κ1) is 26.7. The maximum Gasteiger partial charge on any atom is 0.268 e. The highest BCUT2D eigenvalue weighted by atomic mass is 16.2. The van der Waals surface area contributed by atoms with Crippen molar-refractivity contribution >= 4 is 33.5 Å². The molecule has 0 radical (unpaired) electrons. The molecule has 0 spiro atoms. The Morgan fingerprint density at radius 2 is 1.75 bits per heavy atom. The third-order valence-electron chi connectivity index (χ3n) is 8.47. The van der Waals surface area contributed by atoms with Gasteiger partial charge in [-0.2, -0.15) is 0 Å². The number of carbonyl (C=O) groups is 1. The lowest BCUT2D eigenvalue weighted by Gasteiger charge is -2.29. The van der Waals surface area contributed by atoms with Crippen LogP contribution in [0.1, 0.15) is 49.0 Å². The third kappa shape index (κ3) is 5.81. The Bertz CT molecular complexity index is 1480. The minimum atomic E-state index is -0.0380. The Kier molecular flexibility index (Phi) is 7.93. The highest BCUT2D eigenvalue weighted by Crippen LogP contribution is 2.29. The number of fused-ring (bicyclic) bond motifs is 2. The third-order valence-corrected chi connectivity index (χ3v) is 8.47. The molecular formula is C31H40N8O. The van der Waals surface area contributed by atoms with Gasteiger partial charge in [0.1, 0.15) is 5.69 Å². The Morgan fingerprint density at radius 1 is 0.950 bits per heavy atom. The molecule has 0 aliphatic carbocycles. The summed E-state index contributed by atoms with van der Waals surface area (Å²) >= 11 is 0. The fraction of sp³-hybridized carbons (Fsp3) is 0.484. The number of pyridine rings is 3. The van der Waals surface area contributed by atoms with Crippen molar-refractivity contribution in [2.75, 3.05) is 51.6 Å². The van der Waals surface area contributed by atoms with Crippen LogP contribution in [0.25, 0.3) is 33.3 Å². The van der Waals surface area contributed by atoms with Gasteiger partial charge in [0.2, 0.25) is 0 Å². The van der Waals surface area contributed by atoms with E-state index in [9.17, 15) is 4.79 Å². The fourth-order valence-corrected chi connectivity index (χ4v) is 6.04. The van der Waals surface area contributed by atoms with E-state index in [1.54, 1.807) is 6.20 Å². The minimum Gasteiger partial charge on any atom is -0.384 e. The van der Waals surface area contributed by atoms with Crippen molar-refractivity contribution in [1.29, 1.82) is 0 Å². The van der Waals surface area contributed by atoms with Crippen molar-refractivity contribution in [3.8, 4) is 11.4 Å². The van der Waals surface area contributed by atoms with Crippen molar-refractivity contribution in [1.82, 2.24) is 34.6 Å². The van der Waals surface area contributed by atoms with Crippen LogP contribution in [0.5, 0.6) is 0 Å². The molecule has 9 heteroatoms. The van der Waals surface area contributed by atoms with Crippen molar-refractivity contribution < 1.29 is 4.79 Å². The normalized spacial score (nSPS) is 17.4. The largest absolute Gasteiger partial charge is 0.384 e. The summed E-state index contributed by atoms with van der Waals surface area (Å²) < 4.78 is 1.94. The van der Waals surface area contributed by atoms with Crippen LogP contribution in [0.3, 0.4) is 0 Å². The molecule has 2 aliphatic rings. The molecule has 40 heavy (non-hydrogen) atoms. The van der Waals surface area contributed by atoms with Gasteiger partial charge < -0.3 is 25.0 Å². The number of aryl methyl sites for hydroxylation is 1. The van der Waals surface area contributed by atoms with Crippen LogP contribution in [0.4, 0.5) is 5.69 Å². The Hall–Kier alpha value is -3.56. The number of likely N-dealkylation sites (tertiary alicyclic amines) is 2. The number of aromatic nitrogens is 4. The van der Waals surface area contributed by atoms with Crippen LogP contribution in [-0.4, -0.2) is 87.6 Å². The second kappa shape index (κ2) is 11.9. The zero-order valence-corrected chi connectivity index (χ0v) is 23.7. The number of nitrogens with zero attached hydrogens (tertiary/aromatic N) is 6. The number of amides is 1. The summed E-state index contributed by atoms with van der Waals surface area (Å²) in [6, 6.07) is 10.2. The predicted molar refractivity (Wildman–Crippen MR) is 161 cm³/mol. The maximum atomic E-state index is 13.2. The summed E-state index contributed by atoms with van der Waals surface area (Å²) in [5.74, 6) is -0.0380. The summed E-state index contributed by atoms with van der Waals surface area (Å²) in [6.07, 6.45) is 10.7. The predicted octanol–water partition coefficient (Wildman–Crippen LogP) is 4.30. The zero-order valence-electron chi connectivity index (χ0n) is 23.7. The second-order valence-corrected chi connectivity index (χ2v) is 11.4. The van der Waals surface area contributed by atoms with Crippen molar-refractivity contribution in [3.05, 3.63) is 48.4 Å². The van der Waals surface area contributed by atoms with E-state index in [1.165, 1.54) is 32.4 Å². The van der Waals surface area contributed by atoms with Gasteiger partial charge in [-0.15, -0.1) is 0 Å². The molecule has 6 heterocycles. The van der Waals surface area contributed by atoms with Gasteiger partial charge in [0.05, 0.1) is 27.9 Å². The van der Waals surface area contributed by atoms with E-state index in [2.05, 4.69) is 38.5 Å². The molecule has 0 aromatic carbocycles. The van der Waals surface area contributed by atoms with Gasteiger partial charge in [-0.25, -0.2) is 9.97 Å². The molecular weight excluding hydrogens is 500 g/mol. The molecule has 4 aromatic heterocycles. The van der Waals surface area contributed by atoms with Gasteiger partial charge in [-0.05, 0) is 102 Å². The van der Waals surface area contributed by atoms with Gasteiger partial charge in [-0.1, -0.05) is 6.42 Å². The quantitative estimate of drug-likeness (QED) is 0.322. The van der Waals surface area contributed by atoms with Crippen LogP contribution in [-0.2, 0) is 7.05 Å².